The molecule has 0 saturated carbocycles. The zero-order chi connectivity index (χ0) is 23.2. The fourth-order valence-corrected chi connectivity index (χ4v) is 3.82. The molecule has 10 heteroatoms. The zero-order valence-electron chi connectivity index (χ0n) is 18.1. The molecule has 2 aliphatic rings. The molecule has 0 aromatic heterocycles. The number of nitrogens with zero attached hydrogens (tertiary/aromatic N) is 3. The van der Waals surface area contributed by atoms with Gasteiger partial charge < -0.3 is 15.4 Å². The van der Waals surface area contributed by atoms with Gasteiger partial charge in [0.1, 0.15) is 18.9 Å². The molecule has 0 bridgehead atoms. The third-order valence-corrected chi connectivity index (χ3v) is 5.55. The maximum Gasteiger partial charge on any atom is 0.326 e. The van der Waals surface area contributed by atoms with Gasteiger partial charge in [0, 0.05) is 31.9 Å². The van der Waals surface area contributed by atoms with Crippen LogP contribution in [0.4, 0.5) is 26.2 Å². The minimum Gasteiger partial charge on any atom is -0.379 e. The number of para-hydroxylation sites is 2. The van der Waals surface area contributed by atoms with E-state index in [4.69, 9.17) is 4.74 Å². The highest BCUT2D eigenvalue weighted by molar-refractivity contribution is 6.14. The molecule has 0 atom stereocenters. The van der Waals surface area contributed by atoms with E-state index in [9.17, 15) is 18.8 Å². The summed E-state index contributed by atoms with van der Waals surface area (Å²) < 4.78 is 18.4. The lowest BCUT2D eigenvalue weighted by Gasteiger charge is -2.35. The number of hydrogen-bond acceptors (Lipinski definition) is 5. The Morgan fingerprint density at radius 3 is 2.42 bits per heavy atom. The second-order valence-corrected chi connectivity index (χ2v) is 7.80. The zero-order valence-corrected chi connectivity index (χ0v) is 18.1. The van der Waals surface area contributed by atoms with Crippen LogP contribution in [-0.4, -0.2) is 75.2 Å². The number of anilines is 3. The van der Waals surface area contributed by atoms with Crippen LogP contribution in [0.3, 0.4) is 0 Å². The summed E-state index contributed by atoms with van der Waals surface area (Å²) in [7, 11) is 0. The molecular formula is C23H26FN5O4. The predicted molar refractivity (Wildman–Crippen MR) is 122 cm³/mol. The molecule has 2 aromatic carbocycles. The van der Waals surface area contributed by atoms with E-state index in [1.165, 1.54) is 34.1 Å². The van der Waals surface area contributed by atoms with Crippen molar-refractivity contribution in [3.8, 4) is 0 Å². The lowest BCUT2D eigenvalue weighted by Crippen LogP contribution is -2.52. The monoisotopic (exact) mass is 455 g/mol. The minimum atomic E-state index is -0.517. The first kappa shape index (κ1) is 22.7. The van der Waals surface area contributed by atoms with Crippen molar-refractivity contribution in [2.75, 3.05) is 67.6 Å². The molecule has 9 nitrogen and oxygen atoms in total. The van der Waals surface area contributed by atoms with E-state index >= 15 is 0 Å². The van der Waals surface area contributed by atoms with Crippen molar-refractivity contribution in [2.45, 2.75) is 0 Å². The highest BCUT2D eigenvalue weighted by Crippen LogP contribution is 2.33. The van der Waals surface area contributed by atoms with Crippen LogP contribution >= 0.6 is 0 Å². The van der Waals surface area contributed by atoms with Gasteiger partial charge in [-0.1, -0.05) is 12.1 Å². The second-order valence-electron chi connectivity index (χ2n) is 7.80. The fraction of sp³-hybridized carbons (Fsp3) is 0.348. The number of carbonyl (C=O) groups is 3. The Kier molecular flexibility index (Phi) is 7.16. The van der Waals surface area contributed by atoms with Crippen molar-refractivity contribution in [1.29, 1.82) is 0 Å². The van der Waals surface area contributed by atoms with E-state index in [2.05, 4.69) is 15.5 Å². The summed E-state index contributed by atoms with van der Waals surface area (Å²) in [5, 5.41) is 5.53. The summed E-state index contributed by atoms with van der Waals surface area (Å²) in [6.07, 6.45) is 0. The van der Waals surface area contributed by atoms with Crippen molar-refractivity contribution < 1.29 is 23.5 Å². The van der Waals surface area contributed by atoms with Gasteiger partial charge >= 0.3 is 6.03 Å². The number of fused-ring (bicyclic) bond motifs is 1. The Balaban J connectivity index is 1.39. The van der Waals surface area contributed by atoms with E-state index in [1.54, 1.807) is 24.3 Å². The molecule has 0 aliphatic carbocycles. The lowest BCUT2D eigenvalue weighted by atomic mass is 10.1. The fourth-order valence-electron chi connectivity index (χ4n) is 3.82. The van der Waals surface area contributed by atoms with Gasteiger partial charge in [-0.3, -0.25) is 24.3 Å². The SMILES string of the molecule is O=C(CN1C(=O)CN(C(=O)Nc2ccc(F)cc2)c2ccccc21)NCCN1CCOCC1. The summed E-state index contributed by atoms with van der Waals surface area (Å²) in [5.41, 5.74) is 1.40. The van der Waals surface area contributed by atoms with Gasteiger partial charge in [-0.25, -0.2) is 9.18 Å². The minimum absolute atomic E-state index is 0.133. The third kappa shape index (κ3) is 5.65. The molecule has 2 aliphatic heterocycles. The molecule has 4 amide bonds. The number of morpholine rings is 1. The Morgan fingerprint density at radius 2 is 1.70 bits per heavy atom. The number of halogens is 1. The standard InChI is InChI=1S/C23H26FN5O4/c24-17-5-7-18(8-6-17)26-23(32)29-16-22(31)28(19-3-1-2-4-20(19)29)15-21(30)25-9-10-27-11-13-33-14-12-27/h1-8H,9-16H2,(H,25,30)(H,26,32). The van der Waals surface area contributed by atoms with Gasteiger partial charge in [0.25, 0.3) is 0 Å². The number of carbonyl (C=O) groups excluding carboxylic acids is 3. The first-order valence-electron chi connectivity index (χ1n) is 10.8. The van der Waals surface area contributed by atoms with Crippen molar-refractivity contribution in [1.82, 2.24) is 10.2 Å². The van der Waals surface area contributed by atoms with Gasteiger partial charge in [-0.15, -0.1) is 0 Å². The molecule has 1 saturated heterocycles. The van der Waals surface area contributed by atoms with Crippen LogP contribution in [0.15, 0.2) is 48.5 Å². The predicted octanol–water partition coefficient (Wildman–Crippen LogP) is 1.66. The van der Waals surface area contributed by atoms with Crippen LogP contribution in [-0.2, 0) is 14.3 Å². The maximum absolute atomic E-state index is 13.1. The van der Waals surface area contributed by atoms with Gasteiger partial charge in [0.15, 0.2) is 0 Å². The quantitative estimate of drug-likeness (QED) is 0.691. The van der Waals surface area contributed by atoms with E-state index < -0.39 is 11.8 Å². The number of benzene rings is 2. The molecule has 174 valence electrons. The number of amides is 4. The topological polar surface area (TPSA) is 94.2 Å². The first-order chi connectivity index (χ1) is 16.0. The number of rotatable bonds is 6. The van der Waals surface area contributed by atoms with Crippen LogP contribution in [0.2, 0.25) is 0 Å². The smallest absolute Gasteiger partial charge is 0.326 e. The van der Waals surface area contributed by atoms with Crippen molar-refractivity contribution in [3.05, 3.63) is 54.3 Å². The van der Waals surface area contributed by atoms with Gasteiger partial charge in [-0.2, -0.15) is 0 Å². The van der Waals surface area contributed by atoms with E-state index in [-0.39, 0.29) is 24.9 Å². The van der Waals surface area contributed by atoms with Crippen LogP contribution in [0.1, 0.15) is 0 Å². The summed E-state index contributed by atoms with van der Waals surface area (Å²) >= 11 is 0. The lowest BCUT2D eigenvalue weighted by molar-refractivity contribution is -0.123. The number of ether oxygens (including phenoxy) is 1. The molecular weight excluding hydrogens is 429 g/mol. The van der Waals surface area contributed by atoms with Crippen molar-refractivity contribution in [2.24, 2.45) is 0 Å². The van der Waals surface area contributed by atoms with Gasteiger partial charge in [0.2, 0.25) is 11.8 Å². The second kappa shape index (κ2) is 10.4. The van der Waals surface area contributed by atoms with E-state index in [0.717, 1.165) is 19.6 Å². The molecule has 0 radical (unpaired) electrons. The highest BCUT2D eigenvalue weighted by atomic mass is 19.1. The van der Waals surface area contributed by atoms with Crippen molar-refractivity contribution in [3.63, 3.8) is 0 Å². The molecule has 0 spiro atoms. The van der Waals surface area contributed by atoms with Crippen LogP contribution in [0.5, 0.6) is 0 Å². The number of hydrogen-bond donors (Lipinski definition) is 2. The van der Waals surface area contributed by atoms with Crippen LogP contribution in [0.25, 0.3) is 0 Å². The molecule has 2 aromatic rings. The molecule has 0 unspecified atom stereocenters. The summed E-state index contributed by atoms with van der Waals surface area (Å²) in [4.78, 5) is 43.2. The van der Waals surface area contributed by atoms with Crippen LogP contribution < -0.4 is 20.4 Å². The molecule has 33 heavy (non-hydrogen) atoms. The van der Waals surface area contributed by atoms with Gasteiger partial charge in [-0.05, 0) is 36.4 Å². The van der Waals surface area contributed by atoms with Gasteiger partial charge in [0.05, 0.1) is 24.6 Å². The highest BCUT2D eigenvalue weighted by Gasteiger charge is 2.33. The van der Waals surface area contributed by atoms with Crippen molar-refractivity contribution >= 4 is 34.9 Å². The largest absolute Gasteiger partial charge is 0.379 e. The summed E-state index contributed by atoms with van der Waals surface area (Å²) in [5.74, 6) is -1.05. The van der Waals surface area contributed by atoms with Crippen LogP contribution in [0, 0.1) is 5.82 Å². The Hall–Kier alpha value is -3.50. The Bertz CT molecular complexity index is 1010. The Morgan fingerprint density at radius 1 is 1.00 bits per heavy atom. The average Bonchev–Trinajstić information content (AvgIpc) is 2.83. The summed E-state index contributed by atoms with van der Waals surface area (Å²) in [6.45, 7) is 3.91. The van der Waals surface area contributed by atoms with E-state index in [0.29, 0.717) is 36.8 Å². The molecule has 4 rings (SSSR count). The average molecular weight is 455 g/mol. The molecule has 1 fully saturated rings. The molecule has 2 N–H and O–H groups in total. The third-order valence-electron chi connectivity index (χ3n) is 5.55. The number of urea groups is 1. The first-order valence-corrected chi connectivity index (χ1v) is 10.8. The molecule has 2 heterocycles. The normalized spacial score (nSPS) is 16.3. The summed E-state index contributed by atoms with van der Waals surface area (Å²) in [6, 6.07) is 11.8. The van der Waals surface area contributed by atoms with E-state index in [1.807, 2.05) is 0 Å². The number of nitrogens with one attached hydrogen (secondary N) is 2. The maximum atomic E-state index is 13.1. The Labute approximate surface area is 191 Å².